The average molecular weight is 584 g/mol. The molecule has 0 radical (unpaired) electrons. The molecule has 7 rings (SSSR count). The van der Waals surface area contributed by atoms with Crippen LogP contribution >= 0.6 is 0 Å². The van der Waals surface area contributed by atoms with Crippen molar-refractivity contribution in [3.63, 3.8) is 0 Å². The van der Waals surface area contributed by atoms with Crippen LogP contribution in [0.3, 0.4) is 0 Å². The Balaban J connectivity index is 1.47. The minimum Gasteiger partial charge on any atom is -0.326 e. The molecule has 3 aliphatic carbocycles. The maximum atomic E-state index is 6.19. The molecule has 3 nitrogen and oxygen atoms in total. The third kappa shape index (κ3) is 4.91. The molecule has 0 saturated carbocycles. The lowest BCUT2D eigenvalue weighted by molar-refractivity contribution is 0.767. The zero-order valence-electron chi connectivity index (χ0n) is 25.4. The monoisotopic (exact) mass is 583 g/mol. The van der Waals surface area contributed by atoms with Gasteiger partial charge >= 0.3 is 0 Å². The van der Waals surface area contributed by atoms with Gasteiger partial charge in [0.25, 0.3) is 0 Å². The van der Waals surface area contributed by atoms with E-state index >= 15 is 0 Å². The normalized spacial score (nSPS) is 20.1. The molecule has 0 aliphatic heterocycles. The Hall–Kier alpha value is -5.09. The minimum absolute atomic E-state index is 0.198. The fraction of sp³-hybridized carbons (Fsp3) is 0.119. The summed E-state index contributed by atoms with van der Waals surface area (Å²) in [6.45, 7) is 5.37. The smallest absolute Gasteiger partial charge is 0.0866 e. The van der Waals surface area contributed by atoms with Crippen LogP contribution in [0.15, 0.2) is 156 Å². The number of fused-ring (bicyclic) bond motifs is 7. The van der Waals surface area contributed by atoms with Crippen molar-refractivity contribution in [2.45, 2.75) is 24.8 Å². The number of nitrogens with zero attached hydrogens (tertiary/aromatic N) is 1. The lowest BCUT2D eigenvalue weighted by Gasteiger charge is -2.36. The van der Waals surface area contributed by atoms with Gasteiger partial charge in [0, 0.05) is 12.1 Å². The quantitative estimate of drug-likeness (QED) is 0.223. The van der Waals surface area contributed by atoms with Crippen molar-refractivity contribution in [2.75, 3.05) is 6.67 Å². The zero-order chi connectivity index (χ0) is 30.8. The molecule has 0 fully saturated rings. The van der Waals surface area contributed by atoms with Crippen molar-refractivity contribution >= 4 is 17.4 Å². The first-order valence-corrected chi connectivity index (χ1v) is 15.6. The van der Waals surface area contributed by atoms with Crippen LogP contribution < -0.4 is 11.5 Å². The molecule has 1 atom stereocenters. The largest absolute Gasteiger partial charge is 0.326 e. The summed E-state index contributed by atoms with van der Waals surface area (Å²) < 4.78 is 0. The van der Waals surface area contributed by atoms with Gasteiger partial charge in [-0.25, -0.2) is 0 Å². The average Bonchev–Trinajstić information content (AvgIpc) is 3.38. The van der Waals surface area contributed by atoms with E-state index < -0.39 is 5.41 Å². The van der Waals surface area contributed by atoms with E-state index in [2.05, 4.69) is 140 Å². The number of allylic oxidation sites excluding steroid dienone is 10. The van der Waals surface area contributed by atoms with Gasteiger partial charge in [-0.15, -0.1) is 0 Å². The van der Waals surface area contributed by atoms with Crippen LogP contribution in [0.5, 0.6) is 0 Å². The Morgan fingerprint density at radius 3 is 2.31 bits per heavy atom. The summed E-state index contributed by atoms with van der Waals surface area (Å²) in [6, 6.07) is 32.7. The number of hydrogen-bond acceptors (Lipinski definition) is 3. The molecule has 0 aromatic heterocycles. The highest BCUT2D eigenvalue weighted by Crippen LogP contribution is 2.57. The van der Waals surface area contributed by atoms with E-state index in [1.54, 1.807) is 0 Å². The molecular weight excluding hydrogens is 546 g/mol. The summed E-state index contributed by atoms with van der Waals surface area (Å²) >= 11 is 0. The molecule has 4 aromatic carbocycles. The first-order chi connectivity index (χ1) is 22.1. The fourth-order valence-corrected chi connectivity index (χ4v) is 7.18. The van der Waals surface area contributed by atoms with Crippen molar-refractivity contribution < 1.29 is 0 Å². The van der Waals surface area contributed by atoms with Crippen molar-refractivity contribution in [1.29, 1.82) is 0 Å². The Kier molecular flexibility index (Phi) is 7.72. The zero-order valence-corrected chi connectivity index (χ0v) is 25.4. The van der Waals surface area contributed by atoms with Crippen LogP contribution in [0.1, 0.15) is 51.8 Å². The van der Waals surface area contributed by atoms with E-state index in [4.69, 9.17) is 23.0 Å². The number of benzene rings is 4. The van der Waals surface area contributed by atoms with Gasteiger partial charge in [0.1, 0.15) is 0 Å². The van der Waals surface area contributed by atoms with E-state index in [1.807, 2.05) is 0 Å². The van der Waals surface area contributed by atoms with Gasteiger partial charge in [0.2, 0.25) is 0 Å². The third-order valence-electron chi connectivity index (χ3n) is 9.25. The highest BCUT2D eigenvalue weighted by Gasteiger charge is 2.47. The summed E-state index contributed by atoms with van der Waals surface area (Å²) in [4.78, 5) is 4.87. The van der Waals surface area contributed by atoms with Crippen molar-refractivity contribution in [1.82, 2.24) is 0 Å². The molecular formula is C42H37N3. The lowest BCUT2D eigenvalue weighted by Crippen LogP contribution is -2.30. The molecule has 4 aromatic rings. The van der Waals surface area contributed by atoms with Crippen molar-refractivity contribution in [3.05, 3.63) is 190 Å². The standard InChI is InChI=1S/C42H37N3/c1-29-12-8-9-17-33-18-10-11-19-38(33)42(29)39-22-20-30(27-43)24-36(39)37-25-34(21-23-40(37)42)41(45-28-44)26-35(31-13-4-2-5-14-31)32-15-6-3-7-16-32/h2-6,8-15,17-26H,1,7,16,27-28,43-44H2/b12-8-,17-9-,35-26-,45-41+. The molecule has 45 heavy (non-hydrogen) atoms. The fourth-order valence-electron chi connectivity index (χ4n) is 7.18. The molecule has 0 saturated heterocycles. The lowest BCUT2D eigenvalue weighted by atomic mass is 9.65. The Bertz CT molecular complexity index is 1980. The highest BCUT2D eigenvalue weighted by molar-refractivity contribution is 6.14. The van der Waals surface area contributed by atoms with Gasteiger partial charge in [-0.3, -0.25) is 4.99 Å². The molecule has 220 valence electrons. The van der Waals surface area contributed by atoms with Crippen LogP contribution in [0.25, 0.3) is 22.8 Å². The number of aliphatic imine (C=N–C) groups is 1. The number of hydrogen-bond donors (Lipinski definition) is 2. The van der Waals surface area contributed by atoms with Crippen LogP contribution in [0.2, 0.25) is 0 Å². The first kappa shape index (κ1) is 28.7. The summed E-state index contributed by atoms with van der Waals surface area (Å²) in [5.74, 6) is 0. The molecule has 0 bridgehead atoms. The molecule has 4 N–H and O–H groups in total. The van der Waals surface area contributed by atoms with Crippen LogP contribution in [-0.4, -0.2) is 12.4 Å². The van der Waals surface area contributed by atoms with E-state index in [1.165, 1.54) is 50.1 Å². The third-order valence-corrected chi connectivity index (χ3v) is 9.25. The second kappa shape index (κ2) is 12.1. The topological polar surface area (TPSA) is 64.4 Å². The van der Waals surface area contributed by atoms with Gasteiger partial charge in [-0.1, -0.05) is 128 Å². The Labute approximate surface area is 266 Å². The summed E-state index contributed by atoms with van der Waals surface area (Å²) in [5, 5.41) is 0. The second-order valence-corrected chi connectivity index (χ2v) is 11.7. The maximum Gasteiger partial charge on any atom is 0.0866 e. The molecule has 1 unspecified atom stereocenters. The Morgan fingerprint density at radius 1 is 0.778 bits per heavy atom. The molecule has 3 heteroatoms. The predicted octanol–water partition coefficient (Wildman–Crippen LogP) is 8.66. The first-order valence-electron chi connectivity index (χ1n) is 15.6. The van der Waals surface area contributed by atoms with Crippen molar-refractivity contribution in [3.8, 4) is 11.1 Å². The predicted molar refractivity (Wildman–Crippen MR) is 190 cm³/mol. The summed E-state index contributed by atoms with van der Waals surface area (Å²) in [5.41, 5.74) is 26.7. The summed E-state index contributed by atoms with van der Waals surface area (Å²) in [6.07, 6.45) is 19.4. The van der Waals surface area contributed by atoms with E-state index in [0.29, 0.717) is 6.54 Å². The van der Waals surface area contributed by atoms with Crippen LogP contribution in [0.4, 0.5) is 0 Å². The summed E-state index contributed by atoms with van der Waals surface area (Å²) in [7, 11) is 0. The van der Waals surface area contributed by atoms with Gasteiger partial charge in [0.05, 0.1) is 17.8 Å². The molecule has 3 aliphatic rings. The molecule has 1 spiro atoms. The number of rotatable bonds is 6. The van der Waals surface area contributed by atoms with E-state index in [0.717, 1.165) is 35.3 Å². The van der Waals surface area contributed by atoms with Gasteiger partial charge in [-0.05, 0) is 92.3 Å². The molecule has 0 amide bonds. The van der Waals surface area contributed by atoms with Crippen LogP contribution in [-0.2, 0) is 12.0 Å². The number of nitrogens with two attached hydrogens (primary N) is 2. The Morgan fingerprint density at radius 2 is 1.53 bits per heavy atom. The van der Waals surface area contributed by atoms with E-state index in [-0.39, 0.29) is 6.67 Å². The maximum absolute atomic E-state index is 6.19. The minimum atomic E-state index is -0.538. The van der Waals surface area contributed by atoms with E-state index in [9.17, 15) is 0 Å². The van der Waals surface area contributed by atoms with Gasteiger partial charge in [-0.2, -0.15) is 0 Å². The van der Waals surface area contributed by atoms with Crippen LogP contribution in [0, 0.1) is 0 Å². The SMILES string of the molecule is C=C1/C=C\C=C/c2ccccc2C12c1ccc(CN)cc1-c1cc(C(/C=C(\C3=CC=CCC3)c3ccccc3)=N/CN)ccc12. The van der Waals surface area contributed by atoms with Gasteiger partial charge < -0.3 is 11.5 Å². The van der Waals surface area contributed by atoms with Crippen molar-refractivity contribution in [2.24, 2.45) is 16.5 Å². The second-order valence-electron chi connectivity index (χ2n) is 11.7. The molecule has 0 heterocycles. The van der Waals surface area contributed by atoms with Gasteiger partial charge in [0.15, 0.2) is 0 Å². The highest BCUT2D eigenvalue weighted by atomic mass is 14.9.